The molecule has 0 saturated carbocycles. The normalized spacial score (nSPS) is 19.3. The molecule has 0 aromatic heterocycles. The van der Waals surface area contributed by atoms with Crippen molar-refractivity contribution in [2.75, 3.05) is 17.2 Å². The summed E-state index contributed by atoms with van der Waals surface area (Å²) in [5, 5.41) is 9.19. The number of halogens is 1. The van der Waals surface area contributed by atoms with Gasteiger partial charge in [0.25, 0.3) is 0 Å². The smallest absolute Gasteiger partial charge is 0.337 e. The lowest BCUT2D eigenvalue weighted by molar-refractivity contribution is -0.117. The maximum absolute atomic E-state index is 11.9. The zero-order valence-corrected chi connectivity index (χ0v) is 11.9. The van der Waals surface area contributed by atoms with Crippen molar-refractivity contribution in [3.8, 4) is 0 Å². The summed E-state index contributed by atoms with van der Waals surface area (Å²) in [5.74, 6) is -0.291. The fourth-order valence-corrected chi connectivity index (χ4v) is 2.91. The lowest BCUT2D eigenvalue weighted by atomic mass is 10.1. The van der Waals surface area contributed by atoms with Gasteiger partial charge in [-0.1, -0.05) is 6.07 Å². The van der Waals surface area contributed by atoms with Gasteiger partial charge in [-0.25, -0.2) is 4.79 Å². The zero-order chi connectivity index (χ0) is 13.3. The van der Waals surface area contributed by atoms with Gasteiger partial charge in [0.2, 0.25) is 5.91 Å². The number of para-hydroxylation sites is 1. The lowest BCUT2D eigenvalue weighted by Crippen LogP contribution is -2.27. The highest BCUT2D eigenvalue weighted by atomic mass is 79.9. The Hall–Kier alpha value is -1.01. The predicted molar refractivity (Wildman–Crippen MR) is 75.4 cm³/mol. The molecule has 0 bridgehead atoms. The van der Waals surface area contributed by atoms with E-state index in [0.717, 1.165) is 0 Å². The van der Waals surface area contributed by atoms with Crippen molar-refractivity contribution in [2.45, 2.75) is 6.42 Å². The maximum Gasteiger partial charge on any atom is 0.337 e. The molecule has 1 heterocycles. The highest BCUT2D eigenvalue weighted by molar-refractivity contribution is 9.10. The molecule has 6 heteroatoms. The molecule has 1 amide bonds. The summed E-state index contributed by atoms with van der Waals surface area (Å²) in [6, 6.07) is 4.89. The summed E-state index contributed by atoms with van der Waals surface area (Å²) in [4.78, 5) is 24.7. The van der Waals surface area contributed by atoms with Crippen LogP contribution < -0.4 is 4.90 Å². The summed E-state index contributed by atoms with van der Waals surface area (Å²) in [6.07, 6.45) is 0.421. The SMILES string of the molecule is O=C(O)c1cccc(Br)c1N1CC(CS)CC1=O. The number of rotatable bonds is 3. The third kappa shape index (κ3) is 2.40. The van der Waals surface area contributed by atoms with E-state index >= 15 is 0 Å². The third-order valence-electron chi connectivity index (χ3n) is 2.95. The molecular formula is C12H12BrNO3S. The fraction of sp³-hybridized carbons (Fsp3) is 0.333. The van der Waals surface area contributed by atoms with Gasteiger partial charge in [0.05, 0.1) is 11.3 Å². The molecule has 0 radical (unpaired) electrons. The molecule has 96 valence electrons. The van der Waals surface area contributed by atoms with E-state index in [2.05, 4.69) is 28.6 Å². The van der Waals surface area contributed by atoms with E-state index < -0.39 is 5.97 Å². The van der Waals surface area contributed by atoms with Crippen LogP contribution in [0.1, 0.15) is 16.8 Å². The number of carbonyl (C=O) groups is 2. The van der Waals surface area contributed by atoms with Crippen LogP contribution in [0.2, 0.25) is 0 Å². The van der Waals surface area contributed by atoms with Gasteiger partial charge in [0.15, 0.2) is 0 Å². The molecule has 1 N–H and O–H groups in total. The largest absolute Gasteiger partial charge is 0.478 e. The molecular weight excluding hydrogens is 318 g/mol. The summed E-state index contributed by atoms with van der Waals surface area (Å²) in [5.41, 5.74) is 0.580. The highest BCUT2D eigenvalue weighted by Gasteiger charge is 2.33. The van der Waals surface area contributed by atoms with Crippen molar-refractivity contribution in [2.24, 2.45) is 5.92 Å². The number of carbonyl (C=O) groups excluding carboxylic acids is 1. The van der Waals surface area contributed by atoms with Gasteiger partial charge in [0, 0.05) is 17.4 Å². The minimum Gasteiger partial charge on any atom is -0.478 e. The molecule has 1 aliphatic rings. The van der Waals surface area contributed by atoms with E-state index in [4.69, 9.17) is 0 Å². The molecule has 1 unspecified atom stereocenters. The highest BCUT2D eigenvalue weighted by Crippen LogP contribution is 2.34. The van der Waals surface area contributed by atoms with E-state index in [9.17, 15) is 14.7 Å². The Bertz CT molecular complexity index is 506. The van der Waals surface area contributed by atoms with E-state index in [1.54, 1.807) is 12.1 Å². The number of carboxylic acids is 1. The van der Waals surface area contributed by atoms with Crippen molar-refractivity contribution in [3.63, 3.8) is 0 Å². The molecule has 0 spiro atoms. The Labute approximate surface area is 119 Å². The molecule has 1 fully saturated rings. The fourth-order valence-electron chi connectivity index (χ4n) is 2.08. The lowest BCUT2D eigenvalue weighted by Gasteiger charge is -2.20. The zero-order valence-electron chi connectivity index (χ0n) is 9.47. The molecule has 1 aromatic carbocycles. The first kappa shape index (κ1) is 13.4. The maximum atomic E-state index is 11.9. The van der Waals surface area contributed by atoms with Crippen LogP contribution in [0.4, 0.5) is 5.69 Å². The van der Waals surface area contributed by atoms with E-state index in [1.807, 2.05) is 0 Å². The van der Waals surface area contributed by atoms with Crippen LogP contribution in [-0.4, -0.2) is 29.3 Å². The Kier molecular flexibility index (Phi) is 3.97. The van der Waals surface area contributed by atoms with E-state index in [-0.39, 0.29) is 17.4 Å². The quantitative estimate of drug-likeness (QED) is 0.837. The molecule has 2 rings (SSSR count). The number of amides is 1. The van der Waals surface area contributed by atoms with Gasteiger partial charge in [-0.15, -0.1) is 0 Å². The van der Waals surface area contributed by atoms with E-state index in [1.165, 1.54) is 11.0 Å². The van der Waals surface area contributed by atoms with Crippen molar-refractivity contribution >= 4 is 46.1 Å². The molecule has 1 atom stereocenters. The van der Waals surface area contributed by atoms with Gasteiger partial charge in [-0.2, -0.15) is 12.6 Å². The summed E-state index contributed by atoms with van der Waals surface area (Å²) >= 11 is 7.51. The van der Waals surface area contributed by atoms with Gasteiger partial charge in [0.1, 0.15) is 0 Å². The Morgan fingerprint density at radius 2 is 2.28 bits per heavy atom. The Balaban J connectivity index is 2.45. The van der Waals surface area contributed by atoms with Crippen LogP contribution in [0.3, 0.4) is 0 Å². The first-order valence-electron chi connectivity index (χ1n) is 5.47. The third-order valence-corrected chi connectivity index (χ3v) is 4.11. The molecule has 1 saturated heterocycles. The molecule has 0 aliphatic carbocycles. The summed E-state index contributed by atoms with van der Waals surface area (Å²) in [7, 11) is 0. The van der Waals surface area contributed by atoms with Crippen LogP contribution in [0.5, 0.6) is 0 Å². The van der Waals surface area contributed by atoms with Crippen LogP contribution >= 0.6 is 28.6 Å². The van der Waals surface area contributed by atoms with Gasteiger partial charge in [-0.05, 0) is 39.7 Å². The second-order valence-electron chi connectivity index (χ2n) is 4.20. The minimum atomic E-state index is -1.03. The van der Waals surface area contributed by atoms with Crippen molar-refractivity contribution in [3.05, 3.63) is 28.2 Å². The number of hydrogen-bond acceptors (Lipinski definition) is 3. The number of hydrogen-bond donors (Lipinski definition) is 2. The number of thiol groups is 1. The minimum absolute atomic E-state index is 0.0524. The monoisotopic (exact) mass is 329 g/mol. The summed E-state index contributed by atoms with van der Waals surface area (Å²) in [6.45, 7) is 0.519. The van der Waals surface area contributed by atoms with Crippen molar-refractivity contribution in [1.82, 2.24) is 0 Å². The second kappa shape index (κ2) is 5.32. The summed E-state index contributed by atoms with van der Waals surface area (Å²) < 4.78 is 0.621. The van der Waals surface area contributed by atoms with Crippen LogP contribution in [0.25, 0.3) is 0 Å². The molecule has 18 heavy (non-hydrogen) atoms. The first-order valence-corrected chi connectivity index (χ1v) is 6.90. The van der Waals surface area contributed by atoms with Crippen molar-refractivity contribution < 1.29 is 14.7 Å². The van der Waals surface area contributed by atoms with Crippen LogP contribution in [0.15, 0.2) is 22.7 Å². The van der Waals surface area contributed by atoms with E-state index in [0.29, 0.717) is 28.9 Å². The predicted octanol–water partition coefficient (Wildman–Crippen LogP) is 2.43. The number of nitrogens with zero attached hydrogens (tertiary/aromatic N) is 1. The average Bonchev–Trinajstić information content (AvgIpc) is 2.70. The van der Waals surface area contributed by atoms with Gasteiger partial charge in [-0.3, -0.25) is 4.79 Å². The topological polar surface area (TPSA) is 57.6 Å². The number of benzene rings is 1. The number of aromatic carboxylic acids is 1. The first-order chi connectivity index (χ1) is 8.54. The standard InChI is InChI=1S/C12H12BrNO3S/c13-9-3-1-2-8(12(16)17)11(9)14-5-7(6-18)4-10(14)15/h1-3,7,18H,4-6H2,(H,16,17). The van der Waals surface area contributed by atoms with Gasteiger partial charge >= 0.3 is 5.97 Å². The second-order valence-corrected chi connectivity index (χ2v) is 5.42. The van der Waals surface area contributed by atoms with Crippen LogP contribution in [0, 0.1) is 5.92 Å². The molecule has 1 aliphatic heterocycles. The average molecular weight is 330 g/mol. The number of carboxylic acid groups (broad SMARTS) is 1. The van der Waals surface area contributed by atoms with Crippen LogP contribution in [-0.2, 0) is 4.79 Å². The molecule has 4 nitrogen and oxygen atoms in total. The Morgan fingerprint density at radius 3 is 2.83 bits per heavy atom. The molecule has 1 aromatic rings. The van der Waals surface area contributed by atoms with Gasteiger partial charge < -0.3 is 10.0 Å². The van der Waals surface area contributed by atoms with Crippen molar-refractivity contribution in [1.29, 1.82) is 0 Å². The number of anilines is 1. The Morgan fingerprint density at radius 1 is 1.56 bits per heavy atom.